The van der Waals surface area contributed by atoms with Crippen molar-refractivity contribution in [1.82, 2.24) is 19.4 Å². The molecule has 0 radical (unpaired) electrons. The van der Waals surface area contributed by atoms with Gasteiger partial charge in [-0.25, -0.2) is 4.98 Å². The highest BCUT2D eigenvalue weighted by Crippen LogP contribution is 2.25. The lowest BCUT2D eigenvalue weighted by molar-refractivity contribution is -0.00627. The van der Waals surface area contributed by atoms with Crippen molar-refractivity contribution in [3.05, 3.63) is 57.7 Å². The molecule has 1 aliphatic heterocycles. The van der Waals surface area contributed by atoms with E-state index in [-0.39, 0.29) is 12.1 Å². The van der Waals surface area contributed by atoms with Crippen molar-refractivity contribution in [3.63, 3.8) is 0 Å². The second-order valence-corrected chi connectivity index (χ2v) is 7.34. The molecule has 3 aromatic rings. The number of para-hydroxylation sites is 1. The van der Waals surface area contributed by atoms with E-state index in [0.29, 0.717) is 23.9 Å². The van der Waals surface area contributed by atoms with E-state index in [1.165, 1.54) is 10.9 Å². The molecule has 1 saturated heterocycles. The summed E-state index contributed by atoms with van der Waals surface area (Å²) in [6, 6.07) is 11.6. The van der Waals surface area contributed by atoms with Gasteiger partial charge in [-0.1, -0.05) is 18.2 Å². The SMILES string of the molecule is O=c1c2cc(Br)n(-c3ccccc3)c2ncn1CC1(O)CCNCC1. The number of nitrogens with zero attached hydrogens (tertiary/aromatic N) is 3. The Morgan fingerprint density at radius 1 is 1.24 bits per heavy atom. The van der Waals surface area contributed by atoms with Crippen LogP contribution in [0.25, 0.3) is 16.7 Å². The maximum absolute atomic E-state index is 12.9. The molecular formula is C18H19BrN4O2. The molecule has 0 spiro atoms. The number of nitrogens with one attached hydrogen (secondary N) is 1. The minimum absolute atomic E-state index is 0.132. The highest BCUT2D eigenvalue weighted by atomic mass is 79.9. The lowest BCUT2D eigenvalue weighted by Crippen LogP contribution is -2.46. The topological polar surface area (TPSA) is 72.1 Å². The van der Waals surface area contributed by atoms with E-state index in [1.54, 1.807) is 6.07 Å². The number of rotatable bonds is 3. The van der Waals surface area contributed by atoms with Crippen molar-refractivity contribution in [1.29, 1.82) is 0 Å². The van der Waals surface area contributed by atoms with Gasteiger partial charge in [0.1, 0.15) is 6.33 Å². The van der Waals surface area contributed by atoms with Crippen LogP contribution in [0.1, 0.15) is 12.8 Å². The van der Waals surface area contributed by atoms with Gasteiger partial charge in [-0.05, 0) is 60.1 Å². The van der Waals surface area contributed by atoms with Crippen molar-refractivity contribution < 1.29 is 5.11 Å². The Morgan fingerprint density at radius 2 is 1.96 bits per heavy atom. The Balaban J connectivity index is 1.78. The number of piperidine rings is 1. The summed E-state index contributed by atoms with van der Waals surface area (Å²) in [7, 11) is 0. The zero-order valence-corrected chi connectivity index (χ0v) is 15.2. The molecule has 7 heteroatoms. The number of hydrogen-bond acceptors (Lipinski definition) is 4. The zero-order chi connectivity index (χ0) is 17.4. The summed E-state index contributed by atoms with van der Waals surface area (Å²) in [6.45, 7) is 1.79. The van der Waals surface area contributed by atoms with E-state index in [0.717, 1.165) is 23.4 Å². The quantitative estimate of drug-likeness (QED) is 0.703. The van der Waals surface area contributed by atoms with Gasteiger partial charge < -0.3 is 10.4 Å². The molecule has 0 amide bonds. The van der Waals surface area contributed by atoms with Gasteiger partial charge in [-0.2, -0.15) is 0 Å². The first-order valence-electron chi connectivity index (χ1n) is 8.32. The van der Waals surface area contributed by atoms with Crippen LogP contribution in [0.5, 0.6) is 0 Å². The van der Waals surface area contributed by atoms with Gasteiger partial charge in [-0.3, -0.25) is 13.9 Å². The maximum atomic E-state index is 12.9. The van der Waals surface area contributed by atoms with Gasteiger partial charge in [0.25, 0.3) is 5.56 Å². The molecule has 4 rings (SSSR count). The molecule has 3 heterocycles. The van der Waals surface area contributed by atoms with Crippen molar-refractivity contribution >= 4 is 27.0 Å². The summed E-state index contributed by atoms with van der Waals surface area (Å²) in [5.41, 5.74) is 0.555. The molecule has 130 valence electrons. The predicted molar refractivity (Wildman–Crippen MR) is 100 cm³/mol. The summed E-state index contributed by atoms with van der Waals surface area (Å²) in [5, 5.41) is 14.5. The molecule has 0 atom stereocenters. The largest absolute Gasteiger partial charge is 0.388 e. The number of benzene rings is 1. The summed E-state index contributed by atoms with van der Waals surface area (Å²) in [5.74, 6) is 0. The average molecular weight is 403 g/mol. The Hall–Kier alpha value is -1.96. The second-order valence-electron chi connectivity index (χ2n) is 6.53. The van der Waals surface area contributed by atoms with Crippen LogP contribution in [0, 0.1) is 0 Å². The first-order chi connectivity index (χ1) is 12.1. The number of hydrogen-bond donors (Lipinski definition) is 2. The fourth-order valence-electron chi connectivity index (χ4n) is 3.39. The molecule has 2 N–H and O–H groups in total. The zero-order valence-electron chi connectivity index (χ0n) is 13.7. The predicted octanol–water partition coefficient (Wildman–Crippen LogP) is 2.06. The lowest BCUT2D eigenvalue weighted by Gasteiger charge is -2.32. The smallest absolute Gasteiger partial charge is 0.262 e. The van der Waals surface area contributed by atoms with Crippen LogP contribution in [0.3, 0.4) is 0 Å². The maximum Gasteiger partial charge on any atom is 0.262 e. The molecule has 0 saturated carbocycles. The summed E-state index contributed by atoms with van der Waals surface area (Å²) >= 11 is 3.53. The van der Waals surface area contributed by atoms with E-state index < -0.39 is 5.60 Å². The first kappa shape index (κ1) is 16.5. The highest BCUT2D eigenvalue weighted by molar-refractivity contribution is 9.10. The van der Waals surface area contributed by atoms with Crippen LogP contribution in [0.15, 0.2) is 52.1 Å². The van der Waals surface area contributed by atoms with Crippen molar-refractivity contribution in [2.75, 3.05) is 13.1 Å². The molecule has 0 unspecified atom stereocenters. The van der Waals surface area contributed by atoms with Crippen LogP contribution >= 0.6 is 15.9 Å². The van der Waals surface area contributed by atoms with E-state index in [1.807, 2.05) is 34.9 Å². The van der Waals surface area contributed by atoms with Gasteiger partial charge in [0.2, 0.25) is 0 Å². The second kappa shape index (κ2) is 6.40. The minimum Gasteiger partial charge on any atom is -0.388 e. The van der Waals surface area contributed by atoms with Crippen LogP contribution in [-0.2, 0) is 6.54 Å². The van der Waals surface area contributed by atoms with E-state index in [9.17, 15) is 9.90 Å². The van der Waals surface area contributed by atoms with Crippen molar-refractivity contribution in [2.45, 2.75) is 25.0 Å². The normalized spacial score (nSPS) is 17.0. The Kier molecular flexibility index (Phi) is 4.23. The van der Waals surface area contributed by atoms with Crippen LogP contribution in [0.2, 0.25) is 0 Å². The van der Waals surface area contributed by atoms with Crippen LogP contribution in [0.4, 0.5) is 0 Å². The fraction of sp³-hybridized carbons (Fsp3) is 0.333. The molecule has 1 fully saturated rings. The van der Waals surface area contributed by atoms with Crippen LogP contribution in [-0.4, -0.2) is 37.9 Å². The third-order valence-corrected chi connectivity index (χ3v) is 5.34. The van der Waals surface area contributed by atoms with Gasteiger partial charge >= 0.3 is 0 Å². The van der Waals surface area contributed by atoms with Gasteiger partial charge in [0.05, 0.1) is 22.1 Å². The van der Waals surface area contributed by atoms with E-state index in [4.69, 9.17) is 0 Å². The molecule has 0 bridgehead atoms. The lowest BCUT2D eigenvalue weighted by atomic mass is 9.92. The number of aromatic nitrogens is 3. The summed E-state index contributed by atoms with van der Waals surface area (Å²) in [4.78, 5) is 17.4. The Bertz CT molecular complexity index is 958. The molecule has 2 aromatic heterocycles. The van der Waals surface area contributed by atoms with Gasteiger partial charge in [0, 0.05) is 5.69 Å². The van der Waals surface area contributed by atoms with Crippen LogP contribution < -0.4 is 10.9 Å². The van der Waals surface area contributed by atoms with Gasteiger partial charge in [-0.15, -0.1) is 0 Å². The monoisotopic (exact) mass is 402 g/mol. The summed E-state index contributed by atoms with van der Waals surface area (Å²) < 4.78 is 4.20. The summed E-state index contributed by atoms with van der Waals surface area (Å²) in [6.07, 6.45) is 2.80. The molecular weight excluding hydrogens is 384 g/mol. The standard InChI is InChI=1S/C18H19BrN4O2/c19-15-10-14-16(23(15)13-4-2-1-3-5-13)21-12-22(17(14)24)11-18(25)6-8-20-9-7-18/h1-5,10,12,20,25H,6-9,11H2. The number of halogens is 1. The molecule has 1 aromatic carbocycles. The first-order valence-corrected chi connectivity index (χ1v) is 9.12. The molecule has 1 aliphatic rings. The molecule has 25 heavy (non-hydrogen) atoms. The minimum atomic E-state index is -0.857. The molecule has 0 aliphatic carbocycles. The third-order valence-electron chi connectivity index (χ3n) is 4.75. The average Bonchev–Trinajstić information content (AvgIpc) is 2.96. The third kappa shape index (κ3) is 3.03. The van der Waals surface area contributed by atoms with E-state index >= 15 is 0 Å². The van der Waals surface area contributed by atoms with Crippen molar-refractivity contribution in [2.24, 2.45) is 0 Å². The molecule has 6 nitrogen and oxygen atoms in total. The number of aliphatic hydroxyl groups is 1. The fourth-order valence-corrected chi connectivity index (χ4v) is 3.99. The Morgan fingerprint density at radius 3 is 2.68 bits per heavy atom. The van der Waals surface area contributed by atoms with Gasteiger partial charge in [0.15, 0.2) is 5.65 Å². The highest BCUT2D eigenvalue weighted by Gasteiger charge is 2.30. The number of fused-ring (bicyclic) bond motifs is 1. The van der Waals surface area contributed by atoms with Crippen molar-refractivity contribution in [3.8, 4) is 5.69 Å². The van der Waals surface area contributed by atoms with E-state index in [2.05, 4.69) is 26.2 Å². The Labute approximate surface area is 153 Å².